The summed E-state index contributed by atoms with van der Waals surface area (Å²) in [7, 11) is -3.86. The van der Waals surface area contributed by atoms with Gasteiger partial charge in [0.15, 0.2) is 15.6 Å². The van der Waals surface area contributed by atoms with E-state index in [2.05, 4.69) is 0 Å². The highest BCUT2D eigenvalue weighted by Crippen LogP contribution is 2.34. The third-order valence-corrected chi connectivity index (χ3v) is 6.24. The first kappa shape index (κ1) is 16.7. The number of benzene rings is 2. The van der Waals surface area contributed by atoms with Crippen LogP contribution in [-0.2, 0) is 22.4 Å². The minimum Gasteiger partial charge on any atom is -0.293 e. The monoisotopic (exact) mass is 354 g/mol. The summed E-state index contributed by atoms with van der Waals surface area (Å²) in [5.74, 6) is -0.645. The molecule has 1 aliphatic carbocycles. The first-order chi connectivity index (χ1) is 11.2. The van der Waals surface area contributed by atoms with Gasteiger partial charge in [0.05, 0.1) is 10.5 Å². The lowest BCUT2D eigenvalue weighted by atomic mass is 9.89. The standard InChI is InChI=1S/C17H13F3O3S/c18-17(19,20)12-7-8-14-11(10-12)6-9-15(16(14)21)24(22,23)13-4-2-1-3-5-13/h1-5,7-8,10,15H,6,9H2. The van der Waals surface area contributed by atoms with Gasteiger partial charge in [0, 0.05) is 5.56 Å². The van der Waals surface area contributed by atoms with E-state index in [1.807, 2.05) is 0 Å². The summed E-state index contributed by atoms with van der Waals surface area (Å²) in [5, 5.41) is -1.26. The summed E-state index contributed by atoms with van der Waals surface area (Å²) in [6, 6.07) is 10.4. The molecule has 126 valence electrons. The molecule has 3 rings (SSSR count). The number of sulfone groups is 1. The van der Waals surface area contributed by atoms with Crippen molar-refractivity contribution < 1.29 is 26.4 Å². The van der Waals surface area contributed by atoms with Crippen molar-refractivity contribution in [3.8, 4) is 0 Å². The summed E-state index contributed by atoms with van der Waals surface area (Å²) in [6.45, 7) is 0. The molecule has 0 aliphatic heterocycles. The van der Waals surface area contributed by atoms with Crippen molar-refractivity contribution in [1.82, 2.24) is 0 Å². The Balaban J connectivity index is 1.99. The predicted molar refractivity (Wildman–Crippen MR) is 81.5 cm³/mol. The summed E-state index contributed by atoms with van der Waals surface area (Å²) in [6.07, 6.45) is -4.41. The van der Waals surface area contributed by atoms with Gasteiger partial charge in [0.25, 0.3) is 0 Å². The topological polar surface area (TPSA) is 51.2 Å². The van der Waals surface area contributed by atoms with Gasteiger partial charge in [0.1, 0.15) is 5.25 Å². The second-order valence-corrected chi connectivity index (χ2v) is 7.75. The van der Waals surface area contributed by atoms with Crippen molar-refractivity contribution >= 4 is 15.6 Å². The molecule has 0 saturated carbocycles. The van der Waals surface area contributed by atoms with Crippen LogP contribution in [0, 0.1) is 0 Å². The van der Waals surface area contributed by atoms with Crippen molar-refractivity contribution in [2.75, 3.05) is 0 Å². The Morgan fingerprint density at radius 1 is 1.00 bits per heavy atom. The second-order valence-electron chi connectivity index (χ2n) is 5.62. The van der Waals surface area contributed by atoms with E-state index >= 15 is 0 Å². The van der Waals surface area contributed by atoms with E-state index in [0.29, 0.717) is 0 Å². The summed E-state index contributed by atoms with van der Waals surface area (Å²) in [4.78, 5) is 12.6. The highest BCUT2D eigenvalue weighted by atomic mass is 32.2. The van der Waals surface area contributed by atoms with Crippen LogP contribution in [0.2, 0.25) is 0 Å². The average molecular weight is 354 g/mol. The fourth-order valence-corrected chi connectivity index (χ4v) is 4.58. The molecule has 0 N–H and O–H groups in total. The van der Waals surface area contributed by atoms with Crippen molar-refractivity contribution in [1.29, 1.82) is 0 Å². The van der Waals surface area contributed by atoms with Crippen LogP contribution in [0.15, 0.2) is 53.4 Å². The van der Waals surface area contributed by atoms with Gasteiger partial charge in [-0.25, -0.2) is 8.42 Å². The first-order valence-corrected chi connectivity index (χ1v) is 8.79. The van der Waals surface area contributed by atoms with Crippen LogP contribution in [0.5, 0.6) is 0 Å². The second kappa shape index (κ2) is 5.73. The van der Waals surface area contributed by atoms with Crippen LogP contribution < -0.4 is 0 Å². The zero-order valence-corrected chi connectivity index (χ0v) is 13.2. The Labute approximate surface area is 137 Å². The number of rotatable bonds is 2. The number of halogens is 3. The Morgan fingerprint density at radius 3 is 2.29 bits per heavy atom. The van der Waals surface area contributed by atoms with E-state index in [9.17, 15) is 26.4 Å². The van der Waals surface area contributed by atoms with Gasteiger partial charge in [-0.05, 0) is 42.7 Å². The smallest absolute Gasteiger partial charge is 0.293 e. The van der Waals surface area contributed by atoms with Crippen molar-refractivity contribution in [2.24, 2.45) is 0 Å². The maximum Gasteiger partial charge on any atom is 0.416 e. The number of carbonyl (C=O) groups is 1. The Morgan fingerprint density at radius 2 is 1.67 bits per heavy atom. The molecule has 1 atom stereocenters. The highest BCUT2D eigenvalue weighted by molar-refractivity contribution is 7.92. The molecular weight excluding hydrogens is 341 g/mol. The van der Waals surface area contributed by atoms with E-state index in [4.69, 9.17) is 0 Å². The molecule has 0 spiro atoms. The fourth-order valence-electron chi connectivity index (χ4n) is 2.88. The van der Waals surface area contributed by atoms with Crippen molar-refractivity contribution in [2.45, 2.75) is 29.2 Å². The average Bonchev–Trinajstić information content (AvgIpc) is 2.54. The van der Waals surface area contributed by atoms with Gasteiger partial charge in [-0.1, -0.05) is 24.3 Å². The van der Waals surface area contributed by atoms with Crippen molar-refractivity contribution in [3.63, 3.8) is 0 Å². The Hall–Kier alpha value is -2.15. The number of ketones is 1. The largest absolute Gasteiger partial charge is 0.416 e. The number of fused-ring (bicyclic) bond motifs is 1. The molecule has 0 amide bonds. The molecule has 1 unspecified atom stereocenters. The normalized spacial score (nSPS) is 18.3. The van der Waals surface area contributed by atoms with Gasteiger partial charge in [-0.15, -0.1) is 0 Å². The van der Waals surface area contributed by atoms with Crippen molar-refractivity contribution in [3.05, 3.63) is 65.2 Å². The van der Waals surface area contributed by atoms with E-state index in [1.54, 1.807) is 18.2 Å². The quantitative estimate of drug-likeness (QED) is 0.827. The lowest BCUT2D eigenvalue weighted by Crippen LogP contribution is -2.35. The molecule has 0 radical (unpaired) electrons. The highest BCUT2D eigenvalue weighted by Gasteiger charge is 2.39. The van der Waals surface area contributed by atoms with E-state index in [1.165, 1.54) is 12.1 Å². The molecule has 0 heterocycles. The van der Waals surface area contributed by atoms with Crippen LogP contribution in [0.1, 0.15) is 27.9 Å². The molecule has 0 fully saturated rings. The van der Waals surface area contributed by atoms with Gasteiger partial charge in [0.2, 0.25) is 0 Å². The molecular formula is C17H13F3O3S. The Bertz CT molecular complexity index is 887. The molecule has 3 nitrogen and oxygen atoms in total. The van der Waals surface area contributed by atoms with E-state index in [-0.39, 0.29) is 28.9 Å². The third kappa shape index (κ3) is 2.84. The molecule has 1 aliphatic rings. The zero-order chi connectivity index (χ0) is 17.5. The van der Waals surface area contributed by atoms with Crippen LogP contribution in [-0.4, -0.2) is 19.5 Å². The zero-order valence-electron chi connectivity index (χ0n) is 12.4. The van der Waals surface area contributed by atoms with Gasteiger partial charge >= 0.3 is 6.18 Å². The number of aryl methyl sites for hydroxylation is 1. The number of alkyl halides is 3. The number of hydrogen-bond acceptors (Lipinski definition) is 3. The molecule has 2 aromatic rings. The van der Waals surface area contributed by atoms with E-state index in [0.717, 1.165) is 18.2 Å². The predicted octanol–water partition coefficient (Wildman–Crippen LogP) is 3.68. The minimum absolute atomic E-state index is 0.0234. The maximum absolute atomic E-state index is 12.8. The van der Waals surface area contributed by atoms with Gasteiger partial charge < -0.3 is 0 Å². The molecule has 0 aromatic heterocycles. The Kier molecular flexibility index (Phi) is 3.99. The number of carbonyl (C=O) groups excluding carboxylic acids is 1. The summed E-state index contributed by atoms with van der Waals surface area (Å²) >= 11 is 0. The summed E-state index contributed by atoms with van der Waals surface area (Å²) < 4.78 is 63.6. The van der Waals surface area contributed by atoms with Gasteiger partial charge in [-0.2, -0.15) is 13.2 Å². The lowest BCUT2D eigenvalue weighted by Gasteiger charge is -2.24. The van der Waals surface area contributed by atoms with Crippen LogP contribution in [0.3, 0.4) is 0 Å². The van der Waals surface area contributed by atoms with Crippen LogP contribution >= 0.6 is 0 Å². The van der Waals surface area contributed by atoms with Crippen LogP contribution in [0.25, 0.3) is 0 Å². The summed E-state index contributed by atoms with van der Waals surface area (Å²) in [5.41, 5.74) is -0.536. The molecule has 0 saturated heterocycles. The number of Topliss-reactive ketones (excluding diaryl/α,β-unsaturated/α-hetero) is 1. The minimum atomic E-state index is -4.49. The maximum atomic E-state index is 12.8. The third-order valence-electron chi connectivity index (χ3n) is 4.11. The molecule has 0 bridgehead atoms. The molecule has 2 aromatic carbocycles. The van der Waals surface area contributed by atoms with E-state index < -0.39 is 32.6 Å². The first-order valence-electron chi connectivity index (χ1n) is 7.24. The molecule has 24 heavy (non-hydrogen) atoms. The lowest BCUT2D eigenvalue weighted by molar-refractivity contribution is -0.137. The fraction of sp³-hybridized carbons (Fsp3) is 0.235. The van der Waals surface area contributed by atoms with Crippen LogP contribution in [0.4, 0.5) is 13.2 Å². The SMILES string of the molecule is O=C1c2ccc(C(F)(F)F)cc2CCC1S(=O)(=O)c1ccccc1. The molecule has 7 heteroatoms. The van der Waals surface area contributed by atoms with Gasteiger partial charge in [-0.3, -0.25) is 4.79 Å². The number of hydrogen-bond donors (Lipinski definition) is 0.